The molecule has 1 aromatic rings. The van der Waals surface area contributed by atoms with E-state index in [0.29, 0.717) is 42.4 Å². The van der Waals surface area contributed by atoms with Crippen LogP contribution in [-0.4, -0.2) is 60.6 Å². The van der Waals surface area contributed by atoms with Crippen molar-refractivity contribution in [2.45, 2.75) is 12.6 Å². The molecule has 3 heterocycles. The van der Waals surface area contributed by atoms with Gasteiger partial charge in [-0.25, -0.2) is 4.79 Å². The number of aliphatic imine (C=N–C) groups is 1. The fourth-order valence-corrected chi connectivity index (χ4v) is 4.69. The summed E-state index contributed by atoms with van der Waals surface area (Å²) in [5, 5.41) is 20.1. The van der Waals surface area contributed by atoms with Gasteiger partial charge in [-0.1, -0.05) is 24.3 Å². The van der Waals surface area contributed by atoms with Crippen LogP contribution < -0.4 is 4.90 Å². The van der Waals surface area contributed by atoms with Gasteiger partial charge in [0.15, 0.2) is 0 Å². The second kappa shape index (κ2) is 7.58. The molecule has 28 heavy (non-hydrogen) atoms. The van der Waals surface area contributed by atoms with Crippen LogP contribution >= 0.6 is 11.3 Å². The summed E-state index contributed by atoms with van der Waals surface area (Å²) >= 11 is 1.08. The van der Waals surface area contributed by atoms with Crippen molar-refractivity contribution in [1.82, 2.24) is 4.90 Å². The van der Waals surface area contributed by atoms with E-state index < -0.39 is 11.9 Å². The van der Waals surface area contributed by atoms with Crippen LogP contribution in [0.4, 0.5) is 5.00 Å². The van der Waals surface area contributed by atoms with Gasteiger partial charge in [-0.2, -0.15) is 5.26 Å². The van der Waals surface area contributed by atoms with Gasteiger partial charge in [-0.15, -0.1) is 11.3 Å². The molecule has 144 valence electrons. The number of aromatic carboxylic acids is 1. The van der Waals surface area contributed by atoms with Gasteiger partial charge in [0, 0.05) is 18.7 Å². The third kappa shape index (κ3) is 3.21. The maximum atomic E-state index is 12.8. The number of rotatable bonds is 4. The second-order valence-electron chi connectivity index (χ2n) is 6.62. The zero-order valence-corrected chi connectivity index (χ0v) is 15.8. The highest BCUT2D eigenvalue weighted by atomic mass is 32.1. The summed E-state index contributed by atoms with van der Waals surface area (Å²) in [6.07, 6.45) is 8.77. The van der Waals surface area contributed by atoms with E-state index in [0.717, 1.165) is 11.3 Å². The van der Waals surface area contributed by atoms with E-state index in [1.54, 1.807) is 6.08 Å². The number of amides is 1. The Labute approximate surface area is 165 Å². The molecule has 0 spiro atoms. The molecular formula is C19H18N4O4S. The third-order valence-corrected chi connectivity index (χ3v) is 6.25. The van der Waals surface area contributed by atoms with Crippen molar-refractivity contribution in [1.29, 1.82) is 5.26 Å². The van der Waals surface area contributed by atoms with Gasteiger partial charge in [0.1, 0.15) is 15.9 Å². The van der Waals surface area contributed by atoms with Gasteiger partial charge in [-0.3, -0.25) is 14.7 Å². The van der Waals surface area contributed by atoms with Gasteiger partial charge in [0.05, 0.1) is 43.6 Å². The number of morpholine rings is 1. The van der Waals surface area contributed by atoms with Crippen molar-refractivity contribution in [3.63, 3.8) is 0 Å². The Hall–Kier alpha value is -2.96. The third-order valence-electron chi connectivity index (χ3n) is 4.97. The lowest BCUT2D eigenvalue weighted by Crippen LogP contribution is -2.43. The molecule has 1 aromatic heterocycles. The van der Waals surface area contributed by atoms with Gasteiger partial charge >= 0.3 is 5.97 Å². The smallest absolute Gasteiger partial charge is 0.346 e. The average Bonchev–Trinajstić information content (AvgIpc) is 3.09. The largest absolute Gasteiger partial charge is 0.477 e. The van der Waals surface area contributed by atoms with Gasteiger partial charge in [0.2, 0.25) is 5.91 Å². The average molecular weight is 398 g/mol. The molecule has 2 unspecified atom stereocenters. The fourth-order valence-electron chi connectivity index (χ4n) is 3.54. The number of hydrogen-bond donors (Lipinski definition) is 1. The molecule has 9 heteroatoms. The number of fused-ring (bicyclic) bond motifs is 1. The Morgan fingerprint density at radius 3 is 2.82 bits per heavy atom. The number of ether oxygens (including phenoxy) is 1. The van der Waals surface area contributed by atoms with Gasteiger partial charge in [-0.05, 0) is 0 Å². The van der Waals surface area contributed by atoms with Gasteiger partial charge < -0.3 is 14.7 Å². The van der Waals surface area contributed by atoms with E-state index in [1.807, 2.05) is 23.1 Å². The fraction of sp³-hybridized carbons (Fsp3) is 0.368. The lowest BCUT2D eigenvalue weighted by molar-refractivity contribution is -0.131. The molecule has 2 atom stereocenters. The number of thiophene rings is 1. The Bertz CT molecular complexity index is 936. The minimum Gasteiger partial charge on any atom is -0.477 e. The van der Waals surface area contributed by atoms with E-state index in [4.69, 9.17) is 4.74 Å². The van der Waals surface area contributed by atoms with Gasteiger partial charge in [0.25, 0.3) is 0 Å². The predicted octanol–water partition coefficient (Wildman–Crippen LogP) is 1.64. The lowest BCUT2D eigenvalue weighted by Gasteiger charge is -2.30. The van der Waals surface area contributed by atoms with Crippen LogP contribution in [-0.2, 0) is 16.1 Å². The number of nitriles is 1. The molecule has 3 aliphatic rings. The molecule has 0 radical (unpaired) electrons. The number of carboxylic acids is 1. The number of allylic oxidation sites excluding steroid dienone is 2. The van der Waals surface area contributed by atoms with E-state index in [1.165, 1.54) is 11.2 Å². The first kappa shape index (κ1) is 18.4. The highest BCUT2D eigenvalue weighted by molar-refractivity contribution is 7.18. The normalized spacial score (nSPS) is 23.6. The van der Waals surface area contributed by atoms with Crippen molar-refractivity contribution >= 4 is 34.6 Å². The van der Waals surface area contributed by atoms with E-state index in [-0.39, 0.29) is 23.4 Å². The number of carboxylic acid groups (broad SMARTS) is 1. The molecule has 1 saturated heterocycles. The highest BCUT2D eigenvalue weighted by Gasteiger charge is 2.35. The lowest BCUT2D eigenvalue weighted by atomic mass is 9.93. The summed E-state index contributed by atoms with van der Waals surface area (Å²) < 4.78 is 5.35. The maximum Gasteiger partial charge on any atom is 0.346 e. The molecule has 0 saturated carbocycles. The van der Waals surface area contributed by atoms with Crippen molar-refractivity contribution in [3.8, 4) is 6.07 Å². The van der Waals surface area contributed by atoms with Crippen LogP contribution in [0.1, 0.15) is 20.8 Å². The number of nitrogens with zero attached hydrogens (tertiary/aromatic N) is 4. The minimum absolute atomic E-state index is 0.00841. The molecule has 1 aliphatic carbocycles. The first-order chi connectivity index (χ1) is 13.6. The van der Waals surface area contributed by atoms with Crippen molar-refractivity contribution in [3.05, 3.63) is 40.3 Å². The Morgan fingerprint density at radius 2 is 2.11 bits per heavy atom. The number of carbonyl (C=O) groups excluding carboxylic acids is 1. The number of hydrogen-bond acceptors (Lipinski definition) is 7. The van der Waals surface area contributed by atoms with Crippen molar-refractivity contribution in [2.24, 2.45) is 10.9 Å². The quantitative estimate of drug-likeness (QED) is 0.826. The maximum absolute atomic E-state index is 12.8. The molecule has 1 amide bonds. The topological polar surface area (TPSA) is 106 Å². The first-order valence-electron chi connectivity index (χ1n) is 8.90. The molecule has 0 bridgehead atoms. The summed E-state index contributed by atoms with van der Waals surface area (Å²) in [5.74, 6) is -1.65. The highest BCUT2D eigenvalue weighted by Crippen LogP contribution is 2.37. The molecule has 8 nitrogen and oxygen atoms in total. The molecule has 4 rings (SSSR count). The Morgan fingerprint density at radius 1 is 1.36 bits per heavy atom. The zero-order valence-electron chi connectivity index (χ0n) is 14.9. The van der Waals surface area contributed by atoms with Crippen molar-refractivity contribution < 1.29 is 19.4 Å². The monoisotopic (exact) mass is 398 g/mol. The summed E-state index contributed by atoms with van der Waals surface area (Å²) in [6, 6.07) is 1.93. The molecule has 1 fully saturated rings. The van der Waals surface area contributed by atoms with Crippen molar-refractivity contribution in [2.75, 3.05) is 31.2 Å². The standard InChI is InChI=1S/C19H18N4O4S/c20-9-13-14(10-23-11-21-15-4-2-1-3-12(15)17(23)24)16(19(25)26)28-18(13)22-5-7-27-8-6-22/h1-4,11-12,15H,5-8,10H2,(H,25,26). The second-order valence-corrected chi connectivity index (χ2v) is 7.62. The molecule has 2 aliphatic heterocycles. The SMILES string of the molecule is N#Cc1c(N2CCOCC2)sc(C(=O)O)c1CN1C=NC2C=CC=CC2C1=O. The van der Waals surface area contributed by atoms with E-state index in [9.17, 15) is 20.0 Å². The number of carbonyl (C=O) groups is 2. The summed E-state index contributed by atoms with van der Waals surface area (Å²) in [7, 11) is 0. The van der Waals surface area contributed by atoms with Crippen LogP contribution in [0.15, 0.2) is 29.3 Å². The van der Waals surface area contributed by atoms with Crippen LogP contribution in [0, 0.1) is 17.2 Å². The molecular weight excluding hydrogens is 380 g/mol. The van der Waals surface area contributed by atoms with E-state index >= 15 is 0 Å². The van der Waals surface area contributed by atoms with E-state index in [2.05, 4.69) is 11.1 Å². The van der Waals surface area contributed by atoms with Crippen LogP contribution in [0.2, 0.25) is 0 Å². The first-order valence-corrected chi connectivity index (χ1v) is 9.72. The number of anilines is 1. The van der Waals surface area contributed by atoms with Crippen LogP contribution in [0.3, 0.4) is 0 Å². The summed E-state index contributed by atoms with van der Waals surface area (Å²) in [6.45, 7) is 2.26. The van der Waals surface area contributed by atoms with Crippen LogP contribution in [0.5, 0.6) is 0 Å². The van der Waals surface area contributed by atoms with Crippen LogP contribution in [0.25, 0.3) is 0 Å². The summed E-state index contributed by atoms with van der Waals surface area (Å²) in [4.78, 5) is 32.5. The zero-order chi connectivity index (χ0) is 19.7. The minimum atomic E-state index is -1.10. The Balaban J connectivity index is 1.69. The molecule has 1 N–H and O–H groups in total. The Kier molecular flexibility index (Phi) is 4.98. The summed E-state index contributed by atoms with van der Waals surface area (Å²) in [5.41, 5.74) is 0.668. The predicted molar refractivity (Wildman–Crippen MR) is 104 cm³/mol. The molecule has 0 aromatic carbocycles.